The summed E-state index contributed by atoms with van der Waals surface area (Å²) in [6.45, 7) is 3.72. The highest BCUT2D eigenvalue weighted by molar-refractivity contribution is 5.95. The molecule has 1 aliphatic carbocycles. The second-order valence-electron chi connectivity index (χ2n) is 5.40. The Morgan fingerprint density at radius 2 is 2.10 bits per heavy atom. The van der Waals surface area contributed by atoms with Gasteiger partial charge in [-0.2, -0.15) is 0 Å². The molecule has 1 aliphatic rings. The maximum Gasteiger partial charge on any atom is 0.0781 e. The lowest BCUT2D eigenvalue weighted by Crippen LogP contribution is -2.12. The van der Waals surface area contributed by atoms with Crippen molar-refractivity contribution >= 4 is 16.6 Å². The van der Waals surface area contributed by atoms with Crippen LogP contribution in [-0.4, -0.2) is 18.6 Å². The van der Waals surface area contributed by atoms with Crippen molar-refractivity contribution in [1.82, 2.24) is 4.98 Å². The van der Waals surface area contributed by atoms with E-state index < -0.39 is 0 Å². The van der Waals surface area contributed by atoms with Crippen LogP contribution in [0, 0.1) is 0 Å². The number of hydrogen-bond donors (Lipinski definition) is 1. The Labute approximate surface area is 120 Å². The van der Waals surface area contributed by atoms with Crippen LogP contribution in [0.4, 0.5) is 5.69 Å². The number of para-hydroxylation sites is 1. The first-order valence-electron chi connectivity index (χ1n) is 7.51. The Morgan fingerprint density at radius 3 is 2.90 bits per heavy atom. The van der Waals surface area contributed by atoms with E-state index in [1.807, 2.05) is 0 Å². The van der Waals surface area contributed by atoms with Crippen molar-refractivity contribution in [3.8, 4) is 0 Å². The number of methoxy groups -OCH3 is 1. The van der Waals surface area contributed by atoms with Crippen LogP contribution in [0.1, 0.15) is 36.6 Å². The monoisotopic (exact) mass is 270 g/mol. The van der Waals surface area contributed by atoms with E-state index in [0.717, 1.165) is 24.9 Å². The average Bonchev–Trinajstić information content (AvgIpc) is 2.48. The summed E-state index contributed by atoms with van der Waals surface area (Å²) in [5.74, 6) is 0. The highest BCUT2D eigenvalue weighted by atomic mass is 16.5. The summed E-state index contributed by atoms with van der Waals surface area (Å²) in [7, 11) is 1.74. The molecular formula is C17H22N2O. The van der Waals surface area contributed by atoms with Gasteiger partial charge in [0.1, 0.15) is 0 Å². The third-order valence-corrected chi connectivity index (χ3v) is 4.03. The predicted molar refractivity (Wildman–Crippen MR) is 83.3 cm³/mol. The van der Waals surface area contributed by atoms with Crippen molar-refractivity contribution in [2.24, 2.45) is 0 Å². The normalized spacial score (nSPS) is 14.3. The molecule has 3 heteroatoms. The van der Waals surface area contributed by atoms with Crippen LogP contribution in [-0.2, 0) is 24.2 Å². The molecule has 0 radical (unpaired) electrons. The summed E-state index contributed by atoms with van der Waals surface area (Å²) in [6, 6.07) is 6.40. The molecule has 1 N–H and O–H groups in total. The largest absolute Gasteiger partial charge is 0.384 e. The lowest BCUT2D eigenvalue weighted by Gasteiger charge is -2.22. The molecule has 20 heavy (non-hydrogen) atoms. The molecule has 1 heterocycles. The van der Waals surface area contributed by atoms with Gasteiger partial charge in [0, 0.05) is 36.0 Å². The number of pyridine rings is 1. The van der Waals surface area contributed by atoms with Gasteiger partial charge in [0.25, 0.3) is 0 Å². The third-order valence-electron chi connectivity index (χ3n) is 4.03. The van der Waals surface area contributed by atoms with Gasteiger partial charge in [0.2, 0.25) is 0 Å². The number of nitrogens with zero attached hydrogens (tertiary/aromatic N) is 1. The zero-order valence-corrected chi connectivity index (χ0v) is 12.3. The zero-order chi connectivity index (χ0) is 13.9. The first-order valence-corrected chi connectivity index (χ1v) is 7.51. The number of ether oxygens (including phenoxy) is 1. The summed E-state index contributed by atoms with van der Waals surface area (Å²) < 4.78 is 5.32. The highest BCUT2D eigenvalue weighted by Gasteiger charge is 2.18. The van der Waals surface area contributed by atoms with Gasteiger partial charge >= 0.3 is 0 Å². The summed E-state index contributed by atoms with van der Waals surface area (Å²) in [5, 5.41) is 4.81. The molecule has 3 nitrogen and oxygen atoms in total. The molecule has 0 spiro atoms. The molecule has 0 saturated heterocycles. The lowest BCUT2D eigenvalue weighted by atomic mass is 9.92. The number of anilines is 1. The molecule has 0 aliphatic heterocycles. The molecular weight excluding hydrogens is 248 g/mol. The van der Waals surface area contributed by atoms with Crippen molar-refractivity contribution in [2.45, 2.75) is 39.2 Å². The van der Waals surface area contributed by atoms with E-state index in [-0.39, 0.29) is 0 Å². The third kappa shape index (κ3) is 2.27. The Balaban J connectivity index is 2.26. The van der Waals surface area contributed by atoms with E-state index in [1.165, 1.54) is 40.7 Å². The minimum atomic E-state index is 0.620. The fourth-order valence-electron chi connectivity index (χ4n) is 3.16. The average molecular weight is 270 g/mol. The Kier molecular flexibility index (Phi) is 3.88. The number of aromatic nitrogens is 1. The summed E-state index contributed by atoms with van der Waals surface area (Å²) in [6.07, 6.45) is 4.78. The maximum absolute atomic E-state index is 5.32. The fraction of sp³-hybridized carbons (Fsp3) is 0.471. The molecule has 0 fully saturated rings. The molecule has 1 aromatic carbocycles. The minimum Gasteiger partial charge on any atom is -0.384 e. The number of aryl methyl sites for hydroxylation is 1. The van der Waals surface area contributed by atoms with Gasteiger partial charge < -0.3 is 10.1 Å². The Morgan fingerprint density at radius 1 is 1.25 bits per heavy atom. The van der Waals surface area contributed by atoms with Crippen LogP contribution in [0.3, 0.4) is 0 Å². The van der Waals surface area contributed by atoms with Crippen molar-refractivity contribution in [3.05, 3.63) is 35.0 Å². The predicted octanol–water partition coefficient (Wildman–Crippen LogP) is 3.69. The molecule has 0 unspecified atom stereocenters. The number of fused-ring (bicyclic) bond motifs is 2. The van der Waals surface area contributed by atoms with Crippen molar-refractivity contribution in [3.63, 3.8) is 0 Å². The fourth-order valence-corrected chi connectivity index (χ4v) is 3.16. The molecule has 0 amide bonds. The van der Waals surface area contributed by atoms with Gasteiger partial charge in [-0.15, -0.1) is 0 Å². The van der Waals surface area contributed by atoms with Gasteiger partial charge in [-0.3, -0.25) is 4.98 Å². The second kappa shape index (κ2) is 5.80. The smallest absolute Gasteiger partial charge is 0.0781 e. The van der Waals surface area contributed by atoms with E-state index >= 15 is 0 Å². The number of nitrogens with one attached hydrogen (secondary N) is 1. The van der Waals surface area contributed by atoms with Gasteiger partial charge in [-0.25, -0.2) is 0 Å². The summed E-state index contributed by atoms with van der Waals surface area (Å²) in [5.41, 5.74) is 6.29. The lowest BCUT2D eigenvalue weighted by molar-refractivity contribution is 0.186. The first kappa shape index (κ1) is 13.4. The van der Waals surface area contributed by atoms with Gasteiger partial charge in [0.05, 0.1) is 12.1 Å². The molecule has 0 atom stereocenters. The molecule has 0 saturated carbocycles. The maximum atomic E-state index is 5.32. The van der Waals surface area contributed by atoms with Gasteiger partial charge in [-0.05, 0) is 38.2 Å². The Bertz CT molecular complexity index is 622. The summed E-state index contributed by atoms with van der Waals surface area (Å²) >= 11 is 0. The van der Waals surface area contributed by atoms with E-state index in [0.29, 0.717) is 6.61 Å². The minimum absolute atomic E-state index is 0.620. The molecule has 0 bridgehead atoms. The van der Waals surface area contributed by atoms with Crippen LogP contribution in [0.25, 0.3) is 10.9 Å². The molecule has 2 aromatic rings. The van der Waals surface area contributed by atoms with Crippen molar-refractivity contribution in [1.29, 1.82) is 0 Å². The molecule has 1 aromatic heterocycles. The van der Waals surface area contributed by atoms with Gasteiger partial charge in [-0.1, -0.05) is 18.2 Å². The molecule has 3 rings (SSSR count). The van der Waals surface area contributed by atoms with Crippen LogP contribution in [0.2, 0.25) is 0 Å². The zero-order valence-electron chi connectivity index (χ0n) is 12.3. The van der Waals surface area contributed by atoms with E-state index in [9.17, 15) is 0 Å². The van der Waals surface area contributed by atoms with Crippen LogP contribution in [0.5, 0.6) is 0 Å². The van der Waals surface area contributed by atoms with Crippen molar-refractivity contribution in [2.75, 3.05) is 19.0 Å². The standard InChI is InChI=1S/C17H22N2O/c1-3-18-17-13-8-4-5-10-15(13)19-16-12(11-20-2)7-6-9-14(16)17/h6-7,9H,3-5,8,10-11H2,1-2H3,(H,18,19). The summed E-state index contributed by atoms with van der Waals surface area (Å²) in [4.78, 5) is 4.96. The SMILES string of the molecule is CCNc1c2c(nc3c(COC)cccc13)CCCC2. The Hall–Kier alpha value is -1.61. The number of hydrogen-bond acceptors (Lipinski definition) is 3. The van der Waals surface area contributed by atoms with E-state index in [2.05, 4.69) is 30.4 Å². The second-order valence-corrected chi connectivity index (χ2v) is 5.40. The van der Waals surface area contributed by atoms with Gasteiger partial charge in [0.15, 0.2) is 0 Å². The quantitative estimate of drug-likeness (QED) is 0.920. The van der Waals surface area contributed by atoms with Crippen LogP contribution >= 0.6 is 0 Å². The first-order chi connectivity index (χ1) is 9.85. The highest BCUT2D eigenvalue weighted by Crippen LogP contribution is 2.34. The topological polar surface area (TPSA) is 34.2 Å². The van der Waals surface area contributed by atoms with Crippen LogP contribution in [0.15, 0.2) is 18.2 Å². The van der Waals surface area contributed by atoms with E-state index in [4.69, 9.17) is 9.72 Å². The number of benzene rings is 1. The molecule has 106 valence electrons. The van der Waals surface area contributed by atoms with E-state index in [1.54, 1.807) is 7.11 Å². The van der Waals surface area contributed by atoms with Crippen LogP contribution < -0.4 is 5.32 Å². The van der Waals surface area contributed by atoms with Crippen molar-refractivity contribution < 1.29 is 4.74 Å². The number of rotatable bonds is 4.